The van der Waals surface area contributed by atoms with Crippen molar-refractivity contribution in [2.24, 2.45) is 0 Å². The lowest BCUT2D eigenvalue weighted by molar-refractivity contribution is -0.139. The Labute approximate surface area is 195 Å². The molecule has 0 aliphatic rings. The molecule has 0 saturated carbocycles. The van der Waals surface area contributed by atoms with E-state index >= 15 is 0 Å². The molecule has 188 valence electrons. The van der Waals surface area contributed by atoms with E-state index in [9.17, 15) is 9.59 Å². The zero-order valence-electron chi connectivity index (χ0n) is 19.5. The monoisotopic (exact) mass is 471 g/mol. The molecule has 33 heavy (non-hydrogen) atoms. The van der Waals surface area contributed by atoms with Crippen LogP contribution in [0.5, 0.6) is 0 Å². The van der Waals surface area contributed by atoms with Gasteiger partial charge in [0.15, 0.2) is 0 Å². The van der Waals surface area contributed by atoms with Crippen molar-refractivity contribution in [3.8, 4) is 0 Å². The van der Waals surface area contributed by atoms with Crippen LogP contribution in [-0.2, 0) is 38.0 Å². The first-order chi connectivity index (χ1) is 16.3. The number of rotatable bonds is 23. The van der Waals surface area contributed by atoms with Gasteiger partial charge < -0.3 is 38.5 Å². The quantitative estimate of drug-likeness (QED) is 0.106. The van der Waals surface area contributed by atoms with Crippen LogP contribution < -0.4 is 5.32 Å². The van der Waals surface area contributed by atoms with Crippen molar-refractivity contribution in [3.05, 3.63) is 35.9 Å². The molecule has 0 aromatic heterocycles. The van der Waals surface area contributed by atoms with Gasteiger partial charge in [0.2, 0.25) is 0 Å². The first-order valence-corrected chi connectivity index (χ1v) is 11.1. The number of ether oxygens (including phenoxy) is 7. The van der Waals surface area contributed by atoms with Gasteiger partial charge in [-0.15, -0.1) is 0 Å². The number of Topliss-reactive ketones (excluding diaryl/α,β-unsaturated/α-hetero) is 1. The summed E-state index contributed by atoms with van der Waals surface area (Å²) in [5, 5.41) is 3.00. The normalized spacial score (nSPS) is 10.9. The van der Waals surface area contributed by atoms with E-state index in [-0.39, 0.29) is 13.2 Å². The van der Waals surface area contributed by atoms with Crippen LogP contribution >= 0.6 is 0 Å². The van der Waals surface area contributed by atoms with Crippen LogP contribution in [0.15, 0.2) is 30.3 Å². The number of carbonyl (C=O) groups is 2. The van der Waals surface area contributed by atoms with E-state index in [1.165, 1.54) is 0 Å². The Kier molecular flexibility index (Phi) is 19.3. The van der Waals surface area contributed by atoms with Gasteiger partial charge in [0.25, 0.3) is 5.78 Å². The highest BCUT2D eigenvalue weighted by atomic mass is 16.6. The highest BCUT2D eigenvalue weighted by molar-refractivity contribution is 6.40. The molecule has 0 atom stereocenters. The van der Waals surface area contributed by atoms with E-state index in [1.54, 1.807) is 30.3 Å². The number of likely N-dealkylation sites (N-methyl/N-ethyl adjacent to an activating group) is 1. The second-order valence-corrected chi connectivity index (χ2v) is 6.61. The SMILES string of the molecule is CNCCOCCOCCOCCOCCOCCOCCOC(=O)C(=O)c1ccccc1. The Morgan fingerprint density at radius 1 is 0.606 bits per heavy atom. The van der Waals surface area contributed by atoms with E-state index in [4.69, 9.17) is 33.2 Å². The molecule has 0 heterocycles. The molecule has 10 nitrogen and oxygen atoms in total. The van der Waals surface area contributed by atoms with Crippen LogP contribution in [0.3, 0.4) is 0 Å². The second kappa shape index (κ2) is 21.9. The Bertz CT molecular complexity index is 601. The number of nitrogens with one attached hydrogen (secondary N) is 1. The second-order valence-electron chi connectivity index (χ2n) is 6.61. The number of carbonyl (C=O) groups excluding carboxylic acids is 2. The van der Waals surface area contributed by atoms with Gasteiger partial charge in [-0.25, -0.2) is 4.79 Å². The largest absolute Gasteiger partial charge is 0.457 e. The van der Waals surface area contributed by atoms with Crippen molar-refractivity contribution >= 4 is 11.8 Å². The lowest BCUT2D eigenvalue weighted by Gasteiger charge is -2.08. The van der Waals surface area contributed by atoms with E-state index < -0.39 is 11.8 Å². The van der Waals surface area contributed by atoms with Crippen molar-refractivity contribution < 1.29 is 42.7 Å². The molecule has 0 saturated heterocycles. The van der Waals surface area contributed by atoms with Crippen LogP contribution in [0.1, 0.15) is 10.4 Å². The summed E-state index contributed by atoms with van der Waals surface area (Å²) in [5.74, 6) is -1.56. The zero-order valence-corrected chi connectivity index (χ0v) is 19.5. The highest BCUT2D eigenvalue weighted by Crippen LogP contribution is 2.01. The molecular weight excluding hydrogens is 434 g/mol. The summed E-state index contributed by atoms with van der Waals surface area (Å²) >= 11 is 0. The molecule has 0 radical (unpaired) electrons. The predicted octanol–water partition coefficient (Wildman–Crippen LogP) is 0.732. The fraction of sp³-hybridized carbons (Fsp3) is 0.652. The summed E-state index contributed by atoms with van der Waals surface area (Å²) in [6.07, 6.45) is 0. The number of ketones is 1. The summed E-state index contributed by atoms with van der Waals surface area (Å²) in [4.78, 5) is 23.5. The molecule has 0 unspecified atom stereocenters. The standard InChI is InChI=1S/C23H37NO9/c1-24-7-8-27-9-10-28-11-12-29-13-14-30-15-16-31-17-18-32-19-20-33-23(26)22(25)21-5-3-2-4-6-21/h2-6,24H,7-20H2,1H3. The minimum Gasteiger partial charge on any atom is -0.457 e. The first-order valence-electron chi connectivity index (χ1n) is 11.1. The van der Waals surface area contributed by atoms with E-state index in [0.29, 0.717) is 78.2 Å². The maximum absolute atomic E-state index is 11.8. The minimum absolute atomic E-state index is 0.00993. The maximum Gasteiger partial charge on any atom is 0.379 e. The van der Waals surface area contributed by atoms with Crippen LogP contribution in [0.4, 0.5) is 0 Å². The Morgan fingerprint density at radius 3 is 1.42 bits per heavy atom. The molecule has 0 aliphatic heterocycles. The molecule has 0 spiro atoms. The lowest BCUT2D eigenvalue weighted by Crippen LogP contribution is -2.20. The van der Waals surface area contributed by atoms with Gasteiger partial charge in [0.05, 0.1) is 79.3 Å². The number of benzene rings is 1. The molecule has 1 aromatic carbocycles. The molecule has 0 amide bonds. The number of hydrogen-bond acceptors (Lipinski definition) is 10. The molecule has 0 bridgehead atoms. The predicted molar refractivity (Wildman–Crippen MR) is 121 cm³/mol. The Balaban J connectivity index is 1.75. The number of hydrogen-bond donors (Lipinski definition) is 1. The van der Waals surface area contributed by atoms with Gasteiger partial charge in [-0.05, 0) is 7.05 Å². The van der Waals surface area contributed by atoms with Gasteiger partial charge in [0, 0.05) is 12.1 Å². The van der Waals surface area contributed by atoms with Crippen LogP contribution in [0.2, 0.25) is 0 Å². The van der Waals surface area contributed by atoms with Crippen molar-refractivity contribution in [1.82, 2.24) is 5.32 Å². The molecule has 10 heteroatoms. The molecule has 0 fully saturated rings. The average Bonchev–Trinajstić information content (AvgIpc) is 2.85. The topological polar surface area (TPSA) is 111 Å². The van der Waals surface area contributed by atoms with Gasteiger partial charge >= 0.3 is 5.97 Å². The van der Waals surface area contributed by atoms with Gasteiger partial charge in [-0.1, -0.05) is 30.3 Å². The van der Waals surface area contributed by atoms with Crippen molar-refractivity contribution in [3.63, 3.8) is 0 Å². The van der Waals surface area contributed by atoms with Crippen LogP contribution in [0.25, 0.3) is 0 Å². The average molecular weight is 472 g/mol. The maximum atomic E-state index is 11.8. The Morgan fingerprint density at radius 2 is 1.00 bits per heavy atom. The van der Waals surface area contributed by atoms with Crippen LogP contribution in [0, 0.1) is 0 Å². The fourth-order valence-electron chi connectivity index (χ4n) is 2.34. The fourth-order valence-corrected chi connectivity index (χ4v) is 2.34. The summed E-state index contributed by atoms with van der Waals surface area (Å²) in [6.45, 7) is 6.54. The van der Waals surface area contributed by atoms with Gasteiger partial charge in [0.1, 0.15) is 6.61 Å². The van der Waals surface area contributed by atoms with Crippen molar-refractivity contribution in [2.45, 2.75) is 0 Å². The smallest absolute Gasteiger partial charge is 0.379 e. The third-order valence-corrected chi connectivity index (χ3v) is 4.04. The third kappa shape index (κ3) is 17.3. The highest BCUT2D eigenvalue weighted by Gasteiger charge is 2.16. The summed E-state index contributed by atoms with van der Waals surface area (Å²) in [7, 11) is 1.88. The molecular formula is C23H37NO9. The first kappa shape index (κ1) is 29.1. The minimum atomic E-state index is -0.889. The lowest BCUT2D eigenvalue weighted by atomic mass is 10.1. The van der Waals surface area contributed by atoms with E-state index in [2.05, 4.69) is 5.32 Å². The molecule has 1 N–H and O–H groups in total. The Hall–Kier alpha value is -1.92. The van der Waals surface area contributed by atoms with E-state index in [0.717, 1.165) is 6.54 Å². The molecule has 1 rings (SSSR count). The third-order valence-electron chi connectivity index (χ3n) is 4.04. The molecule has 0 aliphatic carbocycles. The zero-order chi connectivity index (χ0) is 23.8. The summed E-state index contributed by atoms with van der Waals surface area (Å²) in [6, 6.07) is 8.27. The van der Waals surface area contributed by atoms with Crippen LogP contribution in [-0.4, -0.2) is 111 Å². The van der Waals surface area contributed by atoms with Gasteiger partial charge in [-0.3, -0.25) is 4.79 Å². The molecule has 1 aromatic rings. The summed E-state index contributed by atoms with van der Waals surface area (Å²) < 4.78 is 37.1. The number of esters is 1. The summed E-state index contributed by atoms with van der Waals surface area (Å²) in [5.41, 5.74) is 0.303. The van der Waals surface area contributed by atoms with E-state index in [1.807, 2.05) is 7.05 Å². The van der Waals surface area contributed by atoms with Crippen molar-refractivity contribution in [1.29, 1.82) is 0 Å². The van der Waals surface area contributed by atoms with Crippen molar-refractivity contribution in [2.75, 3.05) is 99.5 Å². The van der Waals surface area contributed by atoms with Gasteiger partial charge in [-0.2, -0.15) is 0 Å².